The molecule has 1 saturated heterocycles. The standard InChI is InChI=1S/C12H16FNO4S/c1-9-2-3-11(13)12(6-9)19(16,17)14-4-5-18-10(7-14)8-15/h2-3,6,10,15H,4-5,7-8H2,1H3. The molecule has 0 aliphatic carbocycles. The van der Waals surface area contributed by atoms with E-state index in [-0.39, 0.29) is 31.2 Å². The molecule has 1 aromatic rings. The fourth-order valence-electron chi connectivity index (χ4n) is 1.97. The third kappa shape index (κ3) is 2.94. The van der Waals surface area contributed by atoms with Gasteiger partial charge >= 0.3 is 0 Å². The normalized spacial score (nSPS) is 21.5. The van der Waals surface area contributed by atoms with Crippen molar-refractivity contribution in [3.8, 4) is 0 Å². The number of rotatable bonds is 3. The van der Waals surface area contributed by atoms with Crippen LogP contribution in [0.5, 0.6) is 0 Å². The third-order valence-corrected chi connectivity index (χ3v) is 4.89. The average Bonchev–Trinajstić information content (AvgIpc) is 2.41. The molecule has 1 aliphatic heterocycles. The highest BCUT2D eigenvalue weighted by atomic mass is 32.2. The summed E-state index contributed by atoms with van der Waals surface area (Å²) in [6.45, 7) is 1.83. The lowest BCUT2D eigenvalue weighted by Gasteiger charge is -2.31. The summed E-state index contributed by atoms with van der Waals surface area (Å²) < 4.78 is 44.8. The molecular formula is C12H16FNO4S. The molecule has 0 amide bonds. The van der Waals surface area contributed by atoms with Crippen LogP contribution in [0.1, 0.15) is 5.56 Å². The van der Waals surface area contributed by atoms with Gasteiger partial charge in [-0.15, -0.1) is 0 Å². The molecule has 7 heteroatoms. The van der Waals surface area contributed by atoms with Gasteiger partial charge < -0.3 is 9.84 Å². The number of benzene rings is 1. The van der Waals surface area contributed by atoms with Crippen molar-refractivity contribution in [2.24, 2.45) is 0 Å². The molecule has 0 bridgehead atoms. The largest absolute Gasteiger partial charge is 0.394 e. The van der Waals surface area contributed by atoms with Crippen LogP contribution < -0.4 is 0 Å². The molecule has 1 heterocycles. The molecule has 19 heavy (non-hydrogen) atoms. The molecule has 2 rings (SSSR count). The van der Waals surface area contributed by atoms with Gasteiger partial charge in [-0.2, -0.15) is 4.31 Å². The average molecular weight is 289 g/mol. The maximum absolute atomic E-state index is 13.7. The van der Waals surface area contributed by atoms with E-state index in [1.807, 2.05) is 0 Å². The second-order valence-corrected chi connectivity index (χ2v) is 6.38. The van der Waals surface area contributed by atoms with Crippen LogP contribution in [0.15, 0.2) is 23.1 Å². The predicted octanol–water partition coefficient (Wildman–Crippen LogP) is 0.516. The first-order valence-corrected chi connectivity index (χ1v) is 7.38. The Balaban J connectivity index is 2.34. The summed E-state index contributed by atoms with van der Waals surface area (Å²) in [5, 5.41) is 9.02. The summed E-state index contributed by atoms with van der Waals surface area (Å²) in [5.74, 6) is -0.766. The highest BCUT2D eigenvalue weighted by Crippen LogP contribution is 2.22. The minimum Gasteiger partial charge on any atom is -0.394 e. The Morgan fingerprint density at radius 1 is 1.53 bits per heavy atom. The van der Waals surface area contributed by atoms with Crippen molar-refractivity contribution in [2.45, 2.75) is 17.9 Å². The number of halogens is 1. The van der Waals surface area contributed by atoms with E-state index in [4.69, 9.17) is 9.84 Å². The molecule has 1 aliphatic rings. The molecular weight excluding hydrogens is 273 g/mol. The van der Waals surface area contributed by atoms with Gasteiger partial charge in [0.25, 0.3) is 0 Å². The number of sulfonamides is 1. The van der Waals surface area contributed by atoms with E-state index in [2.05, 4.69) is 0 Å². The highest BCUT2D eigenvalue weighted by Gasteiger charge is 2.32. The van der Waals surface area contributed by atoms with Crippen LogP contribution in [0, 0.1) is 12.7 Å². The number of morpholine rings is 1. The van der Waals surface area contributed by atoms with Crippen LogP contribution in [-0.4, -0.2) is 50.2 Å². The van der Waals surface area contributed by atoms with Crippen molar-refractivity contribution in [1.29, 1.82) is 0 Å². The van der Waals surface area contributed by atoms with Crippen molar-refractivity contribution >= 4 is 10.0 Å². The predicted molar refractivity (Wildman–Crippen MR) is 66.7 cm³/mol. The first kappa shape index (κ1) is 14.4. The lowest BCUT2D eigenvalue weighted by Crippen LogP contribution is -2.46. The van der Waals surface area contributed by atoms with Crippen molar-refractivity contribution in [3.05, 3.63) is 29.6 Å². The maximum Gasteiger partial charge on any atom is 0.246 e. The zero-order chi connectivity index (χ0) is 14.0. The van der Waals surface area contributed by atoms with Crippen molar-refractivity contribution < 1.29 is 22.7 Å². The third-order valence-electron chi connectivity index (χ3n) is 3.01. The lowest BCUT2D eigenvalue weighted by molar-refractivity contribution is -0.0305. The number of ether oxygens (including phenoxy) is 1. The number of aliphatic hydroxyl groups excluding tert-OH is 1. The summed E-state index contributed by atoms with van der Waals surface area (Å²) in [4.78, 5) is -0.328. The fourth-order valence-corrected chi connectivity index (χ4v) is 3.57. The molecule has 0 radical (unpaired) electrons. The number of aliphatic hydroxyl groups is 1. The molecule has 1 N–H and O–H groups in total. The summed E-state index contributed by atoms with van der Waals surface area (Å²) in [6, 6.07) is 3.98. The van der Waals surface area contributed by atoms with Crippen molar-refractivity contribution in [3.63, 3.8) is 0 Å². The molecule has 106 valence electrons. The Morgan fingerprint density at radius 3 is 2.95 bits per heavy atom. The zero-order valence-corrected chi connectivity index (χ0v) is 11.4. The van der Waals surface area contributed by atoms with Gasteiger partial charge in [0.1, 0.15) is 10.7 Å². The number of hydrogen-bond donors (Lipinski definition) is 1. The quantitative estimate of drug-likeness (QED) is 0.881. The molecule has 1 unspecified atom stereocenters. The van der Waals surface area contributed by atoms with Gasteiger partial charge in [-0.1, -0.05) is 6.07 Å². The van der Waals surface area contributed by atoms with Gasteiger partial charge in [-0.05, 0) is 24.6 Å². The van der Waals surface area contributed by atoms with E-state index >= 15 is 0 Å². The Morgan fingerprint density at radius 2 is 2.26 bits per heavy atom. The molecule has 1 fully saturated rings. The van der Waals surface area contributed by atoms with E-state index in [1.165, 1.54) is 12.1 Å². The van der Waals surface area contributed by atoms with Crippen molar-refractivity contribution in [1.82, 2.24) is 4.31 Å². The summed E-state index contributed by atoms with van der Waals surface area (Å²) in [6.07, 6.45) is -0.559. The van der Waals surface area contributed by atoms with E-state index in [0.29, 0.717) is 5.56 Å². The van der Waals surface area contributed by atoms with Crippen LogP contribution in [-0.2, 0) is 14.8 Å². The van der Waals surface area contributed by atoms with Crippen LogP contribution >= 0.6 is 0 Å². The van der Waals surface area contributed by atoms with Gasteiger partial charge in [-0.25, -0.2) is 12.8 Å². The molecule has 0 aromatic heterocycles. The summed E-state index contributed by atoms with van der Waals surface area (Å²) in [7, 11) is -3.89. The Hall–Kier alpha value is -1.02. The van der Waals surface area contributed by atoms with Crippen LogP contribution in [0.4, 0.5) is 4.39 Å². The lowest BCUT2D eigenvalue weighted by atomic mass is 10.2. The zero-order valence-electron chi connectivity index (χ0n) is 10.5. The molecule has 0 saturated carbocycles. The van der Waals surface area contributed by atoms with E-state index in [9.17, 15) is 12.8 Å². The van der Waals surface area contributed by atoms with Crippen LogP contribution in [0.3, 0.4) is 0 Å². The minimum atomic E-state index is -3.89. The first-order valence-electron chi connectivity index (χ1n) is 5.94. The van der Waals surface area contributed by atoms with Gasteiger partial charge in [0.15, 0.2) is 0 Å². The topological polar surface area (TPSA) is 66.8 Å². The number of hydrogen-bond acceptors (Lipinski definition) is 4. The van der Waals surface area contributed by atoms with Crippen LogP contribution in [0.25, 0.3) is 0 Å². The van der Waals surface area contributed by atoms with Crippen molar-refractivity contribution in [2.75, 3.05) is 26.3 Å². The maximum atomic E-state index is 13.7. The summed E-state index contributed by atoms with van der Waals surface area (Å²) in [5.41, 5.74) is 0.673. The van der Waals surface area contributed by atoms with E-state index in [0.717, 1.165) is 10.4 Å². The Kier molecular flexibility index (Phi) is 4.19. The smallest absolute Gasteiger partial charge is 0.246 e. The molecule has 1 aromatic carbocycles. The SMILES string of the molecule is Cc1ccc(F)c(S(=O)(=O)N2CCOC(CO)C2)c1. The Bertz CT molecular complexity index is 561. The highest BCUT2D eigenvalue weighted by molar-refractivity contribution is 7.89. The first-order chi connectivity index (χ1) is 8.95. The summed E-state index contributed by atoms with van der Waals surface area (Å²) >= 11 is 0. The van der Waals surface area contributed by atoms with E-state index < -0.39 is 21.9 Å². The number of aryl methyl sites for hydroxylation is 1. The number of nitrogens with zero attached hydrogens (tertiary/aromatic N) is 1. The van der Waals surface area contributed by atoms with Gasteiger partial charge in [0, 0.05) is 13.1 Å². The molecule has 1 atom stereocenters. The van der Waals surface area contributed by atoms with E-state index in [1.54, 1.807) is 6.92 Å². The second-order valence-electron chi connectivity index (χ2n) is 4.47. The Labute approximate surface area is 111 Å². The fraction of sp³-hybridized carbons (Fsp3) is 0.500. The van der Waals surface area contributed by atoms with Gasteiger partial charge in [0.05, 0.1) is 19.3 Å². The molecule has 0 spiro atoms. The monoisotopic (exact) mass is 289 g/mol. The van der Waals surface area contributed by atoms with Gasteiger partial charge in [0.2, 0.25) is 10.0 Å². The minimum absolute atomic E-state index is 0.0339. The van der Waals surface area contributed by atoms with Gasteiger partial charge in [-0.3, -0.25) is 0 Å². The second kappa shape index (κ2) is 5.54. The molecule has 5 nitrogen and oxygen atoms in total. The van der Waals surface area contributed by atoms with Crippen LogP contribution in [0.2, 0.25) is 0 Å².